The number of thiazole rings is 1. The molecule has 0 aliphatic heterocycles. The summed E-state index contributed by atoms with van der Waals surface area (Å²) >= 11 is 5.02. The standard InChI is InChI=1S/C10H8BrN5S/c11-8-2-1-3-16-9(8)14-10(15-16)12-4-7-5-17-6-13-7/h1-3,5-6H,4H2,(H,12,15). The van der Waals surface area contributed by atoms with E-state index in [1.165, 1.54) is 0 Å². The Morgan fingerprint density at radius 3 is 3.18 bits per heavy atom. The Morgan fingerprint density at radius 1 is 1.47 bits per heavy atom. The van der Waals surface area contributed by atoms with Gasteiger partial charge in [0, 0.05) is 11.6 Å². The monoisotopic (exact) mass is 309 g/mol. The van der Waals surface area contributed by atoms with Crippen molar-refractivity contribution in [2.24, 2.45) is 0 Å². The molecule has 3 rings (SSSR count). The molecule has 0 unspecified atom stereocenters. The maximum Gasteiger partial charge on any atom is 0.243 e. The van der Waals surface area contributed by atoms with Crippen LogP contribution in [0.3, 0.4) is 0 Å². The summed E-state index contributed by atoms with van der Waals surface area (Å²) < 4.78 is 2.65. The zero-order chi connectivity index (χ0) is 11.7. The van der Waals surface area contributed by atoms with Gasteiger partial charge in [0.1, 0.15) is 0 Å². The van der Waals surface area contributed by atoms with Crippen LogP contribution >= 0.6 is 27.3 Å². The fourth-order valence-electron chi connectivity index (χ4n) is 1.44. The third kappa shape index (κ3) is 2.16. The van der Waals surface area contributed by atoms with Gasteiger partial charge in [0.25, 0.3) is 0 Å². The third-order valence-electron chi connectivity index (χ3n) is 2.23. The minimum absolute atomic E-state index is 0.602. The van der Waals surface area contributed by atoms with Crippen LogP contribution < -0.4 is 5.32 Å². The Labute approximate surface area is 110 Å². The van der Waals surface area contributed by atoms with Gasteiger partial charge in [0.2, 0.25) is 5.95 Å². The van der Waals surface area contributed by atoms with Crippen molar-refractivity contribution in [3.8, 4) is 0 Å². The predicted octanol–water partition coefficient (Wildman–Crippen LogP) is 2.56. The van der Waals surface area contributed by atoms with Crippen LogP contribution in [0, 0.1) is 0 Å². The zero-order valence-electron chi connectivity index (χ0n) is 8.67. The van der Waals surface area contributed by atoms with E-state index in [4.69, 9.17) is 0 Å². The first kappa shape index (κ1) is 10.7. The lowest BCUT2D eigenvalue weighted by Gasteiger charge is -1.96. The number of hydrogen-bond acceptors (Lipinski definition) is 5. The Kier molecular flexibility index (Phi) is 2.77. The molecular formula is C10H8BrN5S. The molecular weight excluding hydrogens is 302 g/mol. The number of hydrogen-bond donors (Lipinski definition) is 1. The number of fused-ring (bicyclic) bond motifs is 1. The van der Waals surface area contributed by atoms with E-state index >= 15 is 0 Å². The van der Waals surface area contributed by atoms with Crippen LogP contribution in [0.4, 0.5) is 5.95 Å². The maximum absolute atomic E-state index is 4.38. The van der Waals surface area contributed by atoms with Crippen molar-refractivity contribution in [3.63, 3.8) is 0 Å². The fourth-order valence-corrected chi connectivity index (χ4v) is 2.42. The van der Waals surface area contributed by atoms with E-state index < -0.39 is 0 Å². The average Bonchev–Trinajstić information content (AvgIpc) is 2.95. The second-order valence-electron chi connectivity index (χ2n) is 3.39. The van der Waals surface area contributed by atoms with Gasteiger partial charge in [0.15, 0.2) is 5.65 Å². The molecule has 0 radical (unpaired) electrons. The Balaban J connectivity index is 1.84. The molecule has 17 heavy (non-hydrogen) atoms. The summed E-state index contributed by atoms with van der Waals surface area (Å²) in [6, 6.07) is 3.85. The first-order valence-corrected chi connectivity index (χ1v) is 6.68. The lowest BCUT2D eigenvalue weighted by atomic mass is 10.5. The summed E-state index contributed by atoms with van der Waals surface area (Å²) in [5, 5.41) is 9.46. The molecule has 3 aromatic rings. The molecule has 0 atom stereocenters. The summed E-state index contributed by atoms with van der Waals surface area (Å²) in [7, 11) is 0. The van der Waals surface area contributed by atoms with Crippen LogP contribution in [-0.2, 0) is 6.54 Å². The van der Waals surface area contributed by atoms with Crippen LogP contribution in [0.1, 0.15) is 5.69 Å². The lowest BCUT2D eigenvalue weighted by Crippen LogP contribution is -2.01. The van der Waals surface area contributed by atoms with E-state index in [0.717, 1.165) is 15.8 Å². The maximum atomic E-state index is 4.38. The zero-order valence-corrected chi connectivity index (χ0v) is 11.1. The fraction of sp³-hybridized carbons (Fsp3) is 0.100. The van der Waals surface area contributed by atoms with Crippen LogP contribution in [-0.4, -0.2) is 19.6 Å². The van der Waals surface area contributed by atoms with Gasteiger partial charge in [-0.1, -0.05) is 0 Å². The van der Waals surface area contributed by atoms with Crippen LogP contribution in [0.5, 0.6) is 0 Å². The molecule has 0 aliphatic rings. The molecule has 0 saturated heterocycles. The first-order chi connectivity index (χ1) is 8.33. The largest absolute Gasteiger partial charge is 0.347 e. The van der Waals surface area contributed by atoms with Gasteiger partial charge in [-0.15, -0.1) is 16.4 Å². The Morgan fingerprint density at radius 2 is 2.41 bits per heavy atom. The van der Waals surface area contributed by atoms with E-state index in [1.807, 2.05) is 29.2 Å². The molecule has 7 heteroatoms. The number of pyridine rings is 1. The van der Waals surface area contributed by atoms with E-state index in [-0.39, 0.29) is 0 Å². The van der Waals surface area contributed by atoms with Crippen molar-refractivity contribution in [2.45, 2.75) is 6.54 Å². The Hall–Kier alpha value is -1.47. The molecule has 5 nitrogen and oxygen atoms in total. The molecule has 0 aliphatic carbocycles. The van der Waals surface area contributed by atoms with Crippen molar-refractivity contribution in [1.82, 2.24) is 19.6 Å². The molecule has 1 N–H and O–H groups in total. The molecule has 86 valence electrons. The van der Waals surface area contributed by atoms with Crippen molar-refractivity contribution in [2.75, 3.05) is 5.32 Å². The van der Waals surface area contributed by atoms with E-state index in [9.17, 15) is 0 Å². The molecule has 0 saturated carbocycles. The molecule has 0 spiro atoms. The van der Waals surface area contributed by atoms with Gasteiger partial charge < -0.3 is 5.32 Å². The van der Waals surface area contributed by atoms with Gasteiger partial charge in [-0.25, -0.2) is 9.50 Å². The second-order valence-corrected chi connectivity index (χ2v) is 4.97. The molecule has 0 amide bonds. The number of anilines is 1. The first-order valence-electron chi connectivity index (χ1n) is 4.95. The molecule has 0 fully saturated rings. The minimum atomic E-state index is 0.602. The highest BCUT2D eigenvalue weighted by Gasteiger charge is 2.05. The van der Waals surface area contributed by atoms with Gasteiger partial charge in [-0.3, -0.25) is 0 Å². The van der Waals surface area contributed by atoms with Crippen LogP contribution in [0.15, 0.2) is 33.7 Å². The van der Waals surface area contributed by atoms with Gasteiger partial charge >= 0.3 is 0 Å². The number of rotatable bonds is 3. The summed E-state index contributed by atoms with van der Waals surface area (Å²) in [6.07, 6.45) is 1.86. The summed E-state index contributed by atoms with van der Waals surface area (Å²) in [5.74, 6) is 0.602. The van der Waals surface area contributed by atoms with Gasteiger partial charge in [-0.2, -0.15) is 4.98 Å². The highest BCUT2D eigenvalue weighted by molar-refractivity contribution is 9.10. The molecule has 0 aromatic carbocycles. The van der Waals surface area contributed by atoms with Crippen molar-refractivity contribution < 1.29 is 0 Å². The van der Waals surface area contributed by atoms with Gasteiger partial charge in [0.05, 0.1) is 22.2 Å². The smallest absolute Gasteiger partial charge is 0.243 e. The summed E-state index contributed by atoms with van der Waals surface area (Å²) in [4.78, 5) is 8.57. The van der Waals surface area contributed by atoms with Crippen molar-refractivity contribution in [1.29, 1.82) is 0 Å². The highest BCUT2D eigenvalue weighted by atomic mass is 79.9. The van der Waals surface area contributed by atoms with E-state index in [2.05, 4.69) is 36.3 Å². The molecule has 0 bridgehead atoms. The summed E-state index contributed by atoms with van der Waals surface area (Å²) in [6.45, 7) is 0.637. The molecule has 3 heterocycles. The van der Waals surface area contributed by atoms with Crippen LogP contribution in [0.25, 0.3) is 5.65 Å². The minimum Gasteiger partial charge on any atom is -0.347 e. The number of nitrogens with zero attached hydrogens (tertiary/aromatic N) is 4. The van der Waals surface area contributed by atoms with Crippen LogP contribution in [0.2, 0.25) is 0 Å². The van der Waals surface area contributed by atoms with E-state index in [1.54, 1.807) is 15.9 Å². The highest BCUT2D eigenvalue weighted by Crippen LogP contribution is 2.17. The topological polar surface area (TPSA) is 55.1 Å². The molecule has 3 aromatic heterocycles. The number of aromatic nitrogens is 4. The number of halogens is 1. The van der Waals surface area contributed by atoms with Gasteiger partial charge in [-0.05, 0) is 28.1 Å². The third-order valence-corrected chi connectivity index (χ3v) is 3.48. The predicted molar refractivity (Wildman–Crippen MR) is 70.1 cm³/mol. The number of nitrogens with one attached hydrogen (secondary N) is 1. The second kappa shape index (κ2) is 4.42. The summed E-state index contributed by atoms with van der Waals surface area (Å²) in [5.41, 5.74) is 3.60. The SMILES string of the molecule is Brc1cccn2nc(NCc3cscn3)nc12. The quantitative estimate of drug-likeness (QED) is 0.808. The van der Waals surface area contributed by atoms with Crippen molar-refractivity contribution in [3.05, 3.63) is 39.4 Å². The lowest BCUT2D eigenvalue weighted by molar-refractivity contribution is 0.943. The van der Waals surface area contributed by atoms with E-state index in [0.29, 0.717) is 12.5 Å². The normalized spacial score (nSPS) is 10.9. The average molecular weight is 310 g/mol. The Bertz CT molecular complexity index is 633. The van der Waals surface area contributed by atoms with Crippen molar-refractivity contribution >= 4 is 38.9 Å².